The van der Waals surface area contributed by atoms with Gasteiger partial charge in [0, 0.05) is 43.6 Å². The smallest absolute Gasteiger partial charge is 0.409 e. The largest absolute Gasteiger partial charge is 0.450 e. The van der Waals surface area contributed by atoms with E-state index in [-0.39, 0.29) is 12.1 Å². The molecule has 2 aliphatic rings. The van der Waals surface area contributed by atoms with Crippen molar-refractivity contribution >= 4 is 29.3 Å². The Morgan fingerprint density at radius 1 is 0.966 bits per heavy atom. The van der Waals surface area contributed by atoms with E-state index in [1.807, 2.05) is 24.3 Å². The van der Waals surface area contributed by atoms with E-state index in [4.69, 9.17) is 4.74 Å². The van der Waals surface area contributed by atoms with Gasteiger partial charge in [0.15, 0.2) is 0 Å². The zero-order valence-electron chi connectivity index (χ0n) is 17.0. The highest BCUT2D eigenvalue weighted by Gasteiger charge is 2.26. The molecule has 1 aromatic rings. The summed E-state index contributed by atoms with van der Waals surface area (Å²) in [5, 5.41) is 5.41. The Labute approximate surface area is 171 Å². The molecule has 158 valence electrons. The number of nitrogens with one attached hydrogen (secondary N) is 2. The van der Waals surface area contributed by atoms with Gasteiger partial charge in [0.2, 0.25) is 0 Å². The van der Waals surface area contributed by atoms with Crippen LogP contribution < -0.4 is 15.5 Å². The van der Waals surface area contributed by atoms with Crippen LogP contribution in [0.4, 0.5) is 16.2 Å². The van der Waals surface area contributed by atoms with Gasteiger partial charge in [-0.1, -0.05) is 0 Å². The molecule has 3 amide bonds. The second kappa shape index (κ2) is 10.1. The average molecular weight is 402 g/mol. The first-order valence-electron chi connectivity index (χ1n) is 10.5. The normalized spacial score (nSPS) is 17.6. The topological polar surface area (TPSA) is 91.0 Å². The van der Waals surface area contributed by atoms with Crippen molar-refractivity contribution in [3.05, 3.63) is 24.3 Å². The molecule has 0 saturated carbocycles. The highest BCUT2D eigenvalue weighted by atomic mass is 16.6. The zero-order valence-corrected chi connectivity index (χ0v) is 17.0. The number of likely N-dealkylation sites (tertiary alicyclic amines) is 1. The number of benzene rings is 1. The van der Waals surface area contributed by atoms with E-state index in [0.717, 1.165) is 18.8 Å². The van der Waals surface area contributed by atoms with Crippen LogP contribution in [0.3, 0.4) is 0 Å². The van der Waals surface area contributed by atoms with Crippen LogP contribution in [-0.4, -0.2) is 61.6 Å². The summed E-state index contributed by atoms with van der Waals surface area (Å²) in [5.74, 6) is -1.33. The molecule has 29 heavy (non-hydrogen) atoms. The number of anilines is 2. The summed E-state index contributed by atoms with van der Waals surface area (Å²) in [6, 6.07) is 7.48. The minimum Gasteiger partial charge on any atom is -0.450 e. The maximum atomic E-state index is 12.2. The summed E-state index contributed by atoms with van der Waals surface area (Å²) in [6.45, 7) is 5.23. The number of nitrogens with zero attached hydrogens (tertiary/aromatic N) is 2. The van der Waals surface area contributed by atoms with E-state index in [9.17, 15) is 14.4 Å². The third kappa shape index (κ3) is 5.85. The Morgan fingerprint density at radius 3 is 2.24 bits per heavy atom. The monoisotopic (exact) mass is 402 g/mol. The molecule has 8 heteroatoms. The second-order valence-corrected chi connectivity index (χ2v) is 7.48. The summed E-state index contributed by atoms with van der Waals surface area (Å²) in [7, 11) is 0. The van der Waals surface area contributed by atoms with Crippen LogP contribution in [-0.2, 0) is 14.3 Å². The van der Waals surface area contributed by atoms with E-state index in [2.05, 4.69) is 15.5 Å². The Balaban J connectivity index is 1.43. The molecule has 0 bridgehead atoms. The van der Waals surface area contributed by atoms with Gasteiger partial charge in [-0.2, -0.15) is 0 Å². The number of carbonyl (C=O) groups excluding carboxylic acids is 3. The van der Waals surface area contributed by atoms with E-state index in [0.29, 0.717) is 38.2 Å². The lowest BCUT2D eigenvalue weighted by Gasteiger charge is -2.31. The summed E-state index contributed by atoms with van der Waals surface area (Å²) in [4.78, 5) is 40.1. The molecule has 0 radical (unpaired) electrons. The minimum absolute atomic E-state index is 0.125. The third-order valence-corrected chi connectivity index (χ3v) is 5.41. The number of hydrogen-bond acceptors (Lipinski definition) is 5. The fraction of sp³-hybridized carbons (Fsp3) is 0.571. The maximum absolute atomic E-state index is 12.2. The standard InChI is InChI=1S/C21H30N4O4/c1-2-29-21(28)25-14-10-17(11-15-25)23-20(27)19(26)22-16-6-8-18(9-7-16)24-12-4-3-5-13-24/h6-9,17H,2-5,10-15H2,1H3,(H,22,26)(H,23,27). The molecule has 0 aliphatic carbocycles. The van der Waals surface area contributed by atoms with Crippen LogP contribution in [0.2, 0.25) is 0 Å². The zero-order chi connectivity index (χ0) is 20.6. The molecule has 0 atom stereocenters. The first-order chi connectivity index (χ1) is 14.1. The highest BCUT2D eigenvalue weighted by molar-refractivity contribution is 6.39. The van der Waals surface area contributed by atoms with Crippen LogP contribution in [0.1, 0.15) is 39.0 Å². The predicted molar refractivity (Wildman–Crippen MR) is 111 cm³/mol. The van der Waals surface area contributed by atoms with Gasteiger partial charge in [0.05, 0.1) is 6.61 Å². The first-order valence-corrected chi connectivity index (χ1v) is 10.5. The molecule has 2 aliphatic heterocycles. The fourth-order valence-electron chi connectivity index (χ4n) is 3.77. The first kappa shape index (κ1) is 21.0. The molecular weight excluding hydrogens is 372 g/mol. The van der Waals surface area contributed by atoms with E-state index >= 15 is 0 Å². The lowest BCUT2D eigenvalue weighted by atomic mass is 10.1. The lowest BCUT2D eigenvalue weighted by Crippen LogP contribution is -2.49. The molecule has 0 unspecified atom stereocenters. The molecule has 1 aromatic carbocycles. The van der Waals surface area contributed by atoms with Crippen LogP contribution in [0, 0.1) is 0 Å². The summed E-state index contributed by atoms with van der Waals surface area (Å²) >= 11 is 0. The molecule has 8 nitrogen and oxygen atoms in total. The maximum Gasteiger partial charge on any atom is 0.409 e. The molecule has 0 aromatic heterocycles. The van der Waals surface area contributed by atoms with Crippen molar-refractivity contribution in [1.82, 2.24) is 10.2 Å². The molecule has 2 N–H and O–H groups in total. The van der Waals surface area contributed by atoms with Gasteiger partial charge in [-0.3, -0.25) is 9.59 Å². The van der Waals surface area contributed by atoms with Crippen LogP contribution in [0.15, 0.2) is 24.3 Å². The van der Waals surface area contributed by atoms with Crippen molar-refractivity contribution in [3.8, 4) is 0 Å². The van der Waals surface area contributed by atoms with Gasteiger partial charge in [0.1, 0.15) is 0 Å². The average Bonchev–Trinajstić information content (AvgIpc) is 2.75. The van der Waals surface area contributed by atoms with E-state index < -0.39 is 11.8 Å². The van der Waals surface area contributed by atoms with Gasteiger partial charge in [-0.25, -0.2) is 4.79 Å². The lowest BCUT2D eigenvalue weighted by molar-refractivity contribution is -0.136. The number of hydrogen-bond donors (Lipinski definition) is 2. The van der Waals surface area contributed by atoms with Crippen molar-refractivity contribution in [2.45, 2.75) is 45.1 Å². The summed E-state index contributed by atoms with van der Waals surface area (Å²) in [6.07, 6.45) is 4.56. The van der Waals surface area contributed by atoms with E-state index in [1.54, 1.807) is 11.8 Å². The van der Waals surface area contributed by atoms with Gasteiger partial charge >= 0.3 is 17.9 Å². The number of piperidine rings is 2. The Kier molecular flexibility index (Phi) is 7.32. The van der Waals surface area contributed by atoms with Crippen LogP contribution in [0.5, 0.6) is 0 Å². The van der Waals surface area contributed by atoms with Crippen molar-refractivity contribution < 1.29 is 19.1 Å². The highest BCUT2D eigenvalue weighted by Crippen LogP contribution is 2.21. The van der Waals surface area contributed by atoms with Crippen molar-refractivity contribution in [1.29, 1.82) is 0 Å². The number of ether oxygens (including phenoxy) is 1. The molecule has 3 rings (SSSR count). The molecule has 2 fully saturated rings. The number of amides is 3. The van der Waals surface area contributed by atoms with Crippen molar-refractivity contribution in [3.63, 3.8) is 0 Å². The van der Waals surface area contributed by atoms with Gasteiger partial charge in [-0.15, -0.1) is 0 Å². The van der Waals surface area contributed by atoms with E-state index in [1.165, 1.54) is 19.3 Å². The Hall–Kier alpha value is -2.77. The Morgan fingerprint density at radius 2 is 1.62 bits per heavy atom. The number of rotatable bonds is 4. The summed E-state index contributed by atoms with van der Waals surface area (Å²) in [5.41, 5.74) is 1.74. The van der Waals surface area contributed by atoms with Gasteiger partial charge in [-0.05, 0) is 63.3 Å². The second-order valence-electron chi connectivity index (χ2n) is 7.48. The molecule has 2 heterocycles. The Bertz CT molecular complexity index is 708. The molecule has 2 saturated heterocycles. The third-order valence-electron chi connectivity index (χ3n) is 5.41. The number of carbonyl (C=O) groups is 3. The summed E-state index contributed by atoms with van der Waals surface area (Å²) < 4.78 is 4.98. The van der Waals surface area contributed by atoms with Crippen LogP contribution >= 0.6 is 0 Å². The van der Waals surface area contributed by atoms with Crippen molar-refractivity contribution in [2.75, 3.05) is 43.0 Å². The SMILES string of the molecule is CCOC(=O)N1CCC(NC(=O)C(=O)Nc2ccc(N3CCCCC3)cc2)CC1. The van der Waals surface area contributed by atoms with Gasteiger partial charge < -0.3 is 25.2 Å². The molecular formula is C21H30N4O4. The molecule has 0 spiro atoms. The van der Waals surface area contributed by atoms with Crippen molar-refractivity contribution in [2.24, 2.45) is 0 Å². The minimum atomic E-state index is -0.677. The fourth-order valence-corrected chi connectivity index (χ4v) is 3.77. The quantitative estimate of drug-likeness (QED) is 0.755. The van der Waals surface area contributed by atoms with Gasteiger partial charge in [0.25, 0.3) is 0 Å². The van der Waals surface area contributed by atoms with Crippen LogP contribution in [0.25, 0.3) is 0 Å². The predicted octanol–water partition coefficient (Wildman–Crippen LogP) is 2.35.